The Morgan fingerprint density at radius 2 is 2.24 bits per heavy atom. The molecule has 0 amide bonds. The number of aromatic nitrogens is 1. The quantitative estimate of drug-likeness (QED) is 0.853. The minimum Gasteiger partial charge on any atom is -0.474 e. The molecule has 1 aromatic heterocycles. The van der Waals surface area contributed by atoms with Crippen LogP contribution in [0.15, 0.2) is 18.3 Å². The first-order valence-corrected chi connectivity index (χ1v) is 6.23. The zero-order chi connectivity index (χ0) is 12.1. The predicted octanol–water partition coefficient (Wildman–Crippen LogP) is 1.27. The molecule has 1 aliphatic heterocycles. The van der Waals surface area contributed by atoms with Crippen LogP contribution in [0.2, 0.25) is 0 Å². The number of piperidine rings is 1. The van der Waals surface area contributed by atoms with Crippen LogP contribution < -0.4 is 10.1 Å². The summed E-state index contributed by atoms with van der Waals surface area (Å²) in [5.74, 6) is 0.788. The number of hydrogen-bond donors (Lipinski definition) is 1. The highest BCUT2D eigenvalue weighted by Gasteiger charge is 2.19. The second kappa shape index (κ2) is 5.98. The lowest BCUT2D eigenvalue weighted by Crippen LogP contribution is -2.36. The predicted molar refractivity (Wildman–Crippen MR) is 68.1 cm³/mol. The van der Waals surface area contributed by atoms with Gasteiger partial charge in [0.05, 0.1) is 0 Å². The number of nitrogens with zero attached hydrogens (tertiary/aromatic N) is 2. The Kier molecular flexibility index (Phi) is 4.34. The zero-order valence-corrected chi connectivity index (χ0v) is 10.6. The van der Waals surface area contributed by atoms with Crippen LogP contribution in [0.1, 0.15) is 18.4 Å². The molecule has 0 radical (unpaired) electrons. The Morgan fingerprint density at radius 1 is 1.47 bits per heavy atom. The summed E-state index contributed by atoms with van der Waals surface area (Å²) in [5.41, 5.74) is 1.13. The smallest absolute Gasteiger partial charge is 0.218 e. The van der Waals surface area contributed by atoms with Gasteiger partial charge in [-0.15, -0.1) is 0 Å². The molecule has 1 N–H and O–H groups in total. The van der Waals surface area contributed by atoms with Crippen LogP contribution in [0.3, 0.4) is 0 Å². The van der Waals surface area contributed by atoms with E-state index < -0.39 is 0 Å². The summed E-state index contributed by atoms with van der Waals surface area (Å²) >= 11 is 0. The molecule has 1 saturated heterocycles. The Balaban J connectivity index is 1.98. The van der Waals surface area contributed by atoms with Gasteiger partial charge in [-0.05, 0) is 33.0 Å². The molecule has 2 heterocycles. The molecule has 4 nitrogen and oxygen atoms in total. The SMILES string of the molecule is CNCc1cccnc1OC1CCN(C)CC1. The third-order valence-corrected chi connectivity index (χ3v) is 3.16. The summed E-state index contributed by atoms with van der Waals surface area (Å²) in [7, 11) is 4.09. The number of nitrogens with one attached hydrogen (secondary N) is 1. The molecule has 0 saturated carbocycles. The summed E-state index contributed by atoms with van der Waals surface area (Å²) < 4.78 is 6.01. The average Bonchev–Trinajstić information content (AvgIpc) is 2.35. The first-order valence-electron chi connectivity index (χ1n) is 6.23. The molecule has 0 atom stereocenters. The lowest BCUT2D eigenvalue weighted by atomic mass is 10.1. The maximum Gasteiger partial charge on any atom is 0.218 e. The number of rotatable bonds is 4. The van der Waals surface area contributed by atoms with Gasteiger partial charge in [0.15, 0.2) is 0 Å². The first kappa shape index (κ1) is 12.3. The van der Waals surface area contributed by atoms with Crippen LogP contribution in [0, 0.1) is 0 Å². The van der Waals surface area contributed by atoms with Crippen LogP contribution in [0.25, 0.3) is 0 Å². The molecule has 0 spiro atoms. The molecule has 94 valence electrons. The normalized spacial score (nSPS) is 18.2. The van der Waals surface area contributed by atoms with Gasteiger partial charge in [0.1, 0.15) is 6.10 Å². The van der Waals surface area contributed by atoms with E-state index in [1.165, 1.54) is 0 Å². The van der Waals surface area contributed by atoms with Gasteiger partial charge in [-0.3, -0.25) is 0 Å². The zero-order valence-electron chi connectivity index (χ0n) is 10.6. The fourth-order valence-electron chi connectivity index (χ4n) is 2.12. The number of likely N-dealkylation sites (tertiary alicyclic amines) is 1. The number of ether oxygens (including phenoxy) is 1. The highest BCUT2D eigenvalue weighted by molar-refractivity contribution is 5.25. The molecule has 0 aliphatic carbocycles. The molecule has 1 aliphatic rings. The van der Waals surface area contributed by atoms with Crippen LogP contribution in [-0.2, 0) is 6.54 Å². The van der Waals surface area contributed by atoms with Gasteiger partial charge in [-0.2, -0.15) is 0 Å². The maximum absolute atomic E-state index is 6.01. The van der Waals surface area contributed by atoms with E-state index in [0.717, 1.165) is 43.9 Å². The molecular weight excluding hydrogens is 214 g/mol. The van der Waals surface area contributed by atoms with Gasteiger partial charge in [-0.25, -0.2) is 4.98 Å². The van der Waals surface area contributed by atoms with Crippen molar-refractivity contribution in [2.24, 2.45) is 0 Å². The van der Waals surface area contributed by atoms with E-state index in [4.69, 9.17) is 4.74 Å². The van der Waals surface area contributed by atoms with E-state index in [1.54, 1.807) is 6.20 Å². The van der Waals surface area contributed by atoms with Crippen LogP contribution in [0.4, 0.5) is 0 Å². The van der Waals surface area contributed by atoms with E-state index in [-0.39, 0.29) is 0 Å². The van der Waals surface area contributed by atoms with E-state index in [0.29, 0.717) is 6.10 Å². The van der Waals surface area contributed by atoms with Crippen molar-refractivity contribution in [2.75, 3.05) is 27.2 Å². The molecule has 2 rings (SSSR count). The molecule has 0 aromatic carbocycles. The van der Waals surface area contributed by atoms with E-state index in [1.807, 2.05) is 13.1 Å². The van der Waals surface area contributed by atoms with Gasteiger partial charge in [0.25, 0.3) is 0 Å². The second-order valence-corrected chi connectivity index (χ2v) is 4.62. The van der Waals surface area contributed by atoms with Crippen LogP contribution in [-0.4, -0.2) is 43.2 Å². The van der Waals surface area contributed by atoms with E-state index in [9.17, 15) is 0 Å². The van der Waals surface area contributed by atoms with Crippen molar-refractivity contribution in [3.05, 3.63) is 23.9 Å². The number of hydrogen-bond acceptors (Lipinski definition) is 4. The fraction of sp³-hybridized carbons (Fsp3) is 0.615. The van der Waals surface area contributed by atoms with Crippen molar-refractivity contribution in [2.45, 2.75) is 25.5 Å². The second-order valence-electron chi connectivity index (χ2n) is 4.62. The maximum atomic E-state index is 6.01. The fourth-order valence-corrected chi connectivity index (χ4v) is 2.12. The lowest BCUT2D eigenvalue weighted by molar-refractivity contribution is 0.109. The van der Waals surface area contributed by atoms with Gasteiger partial charge >= 0.3 is 0 Å². The van der Waals surface area contributed by atoms with Crippen molar-refractivity contribution in [1.29, 1.82) is 0 Å². The largest absolute Gasteiger partial charge is 0.474 e. The van der Waals surface area contributed by atoms with Gasteiger partial charge in [0.2, 0.25) is 5.88 Å². The van der Waals surface area contributed by atoms with Gasteiger partial charge < -0.3 is 15.0 Å². The van der Waals surface area contributed by atoms with Crippen LogP contribution >= 0.6 is 0 Å². The molecule has 0 bridgehead atoms. The summed E-state index contributed by atoms with van der Waals surface area (Å²) in [4.78, 5) is 6.67. The summed E-state index contributed by atoms with van der Waals surface area (Å²) in [6.45, 7) is 3.02. The molecular formula is C13H21N3O. The topological polar surface area (TPSA) is 37.4 Å². The third kappa shape index (κ3) is 3.41. The molecule has 0 unspecified atom stereocenters. The molecule has 1 aromatic rings. The average molecular weight is 235 g/mol. The highest BCUT2D eigenvalue weighted by Crippen LogP contribution is 2.20. The lowest BCUT2D eigenvalue weighted by Gasteiger charge is -2.29. The Bertz CT molecular complexity index is 348. The number of pyridine rings is 1. The van der Waals surface area contributed by atoms with Gasteiger partial charge in [0, 0.05) is 31.4 Å². The van der Waals surface area contributed by atoms with Crippen molar-refractivity contribution >= 4 is 0 Å². The van der Waals surface area contributed by atoms with Crippen molar-refractivity contribution < 1.29 is 4.74 Å². The van der Waals surface area contributed by atoms with E-state index >= 15 is 0 Å². The van der Waals surface area contributed by atoms with Crippen LogP contribution in [0.5, 0.6) is 5.88 Å². The summed E-state index contributed by atoms with van der Waals surface area (Å²) in [5, 5.41) is 3.14. The first-order chi connectivity index (χ1) is 8.29. The molecule has 4 heteroatoms. The molecule has 1 fully saturated rings. The van der Waals surface area contributed by atoms with E-state index in [2.05, 4.69) is 28.3 Å². The monoisotopic (exact) mass is 235 g/mol. The Labute approximate surface area is 103 Å². The standard InChI is InChI=1S/C13H21N3O/c1-14-10-11-4-3-7-15-13(11)17-12-5-8-16(2)9-6-12/h3-4,7,12,14H,5-6,8-10H2,1-2H3. The minimum atomic E-state index is 0.316. The summed E-state index contributed by atoms with van der Waals surface area (Å²) in [6.07, 6.45) is 4.29. The van der Waals surface area contributed by atoms with Gasteiger partial charge in [-0.1, -0.05) is 6.07 Å². The highest BCUT2D eigenvalue weighted by atomic mass is 16.5. The Morgan fingerprint density at radius 3 is 2.94 bits per heavy atom. The van der Waals surface area contributed by atoms with Crippen molar-refractivity contribution in [1.82, 2.24) is 15.2 Å². The van der Waals surface area contributed by atoms with Crippen molar-refractivity contribution in [3.63, 3.8) is 0 Å². The van der Waals surface area contributed by atoms with Crippen molar-refractivity contribution in [3.8, 4) is 5.88 Å². The third-order valence-electron chi connectivity index (χ3n) is 3.16. The summed E-state index contributed by atoms with van der Waals surface area (Å²) in [6, 6.07) is 4.02. The minimum absolute atomic E-state index is 0.316. The molecule has 17 heavy (non-hydrogen) atoms. The Hall–Kier alpha value is -1.13.